The van der Waals surface area contributed by atoms with Crippen molar-refractivity contribution in [2.75, 3.05) is 13.7 Å². The minimum Gasteiger partial charge on any atom is -0.480 e. The van der Waals surface area contributed by atoms with Crippen LogP contribution in [0.5, 0.6) is 5.88 Å². The first-order valence-electron chi connectivity index (χ1n) is 6.26. The van der Waals surface area contributed by atoms with Crippen molar-refractivity contribution < 1.29 is 29.2 Å². The molecule has 0 radical (unpaired) electrons. The summed E-state index contributed by atoms with van der Waals surface area (Å²) in [4.78, 5) is 7.77. The predicted molar refractivity (Wildman–Crippen MR) is 67.0 cm³/mol. The maximum absolute atomic E-state index is 14.1. The molecule has 2 aromatic heterocycles. The maximum Gasteiger partial charge on any atom is 0.228 e. The average Bonchev–Trinajstić information content (AvgIpc) is 2.98. The van der Waals surface area contributed by atoms with E-state index < -0.39 is 37.0 Å². The lowest BCUT2D eigenvalue weighted by Crippen LogP contribution is -2.33. The summed E-state index contributed by atoms with van der Waals surface area (Å²) >= 11 is 0. The number of aliphatic hydroxyl groups excluding tert-OH is 3. The summed E-state index contributed by atoms with van der Waals surface area (Å²) in [5.41, 5.74) is 0.161. The average molecular weight is 299 g/mol. The SMILES string of the molecule is COc1ncnc2c1c(F)cn2[C@@H]1O[C@H](CO)C(O)C1O. The van der Waals surface area contributed by atoms with Gasteiger partial charge in [-0.2, -0.15) is 0 Å². The highest BCUT2D eigenvalue weighted by molar-refractivity contribution is 5.82. The molecule has 1 aliphatic heterocycles. The van der Waals surface area contributed by atoms with Crippen molar-refractivity contribution in [3.8, 4) is 5.88 Å². The molecule has 3 N–H and O–H groups in total. The second-order valence-corrected chi connectivity index (χ2v) is 4.69. The van der Waals surface area contributed by atoms with Gasteiger partial charge in [0.05, 0.1) is 13.7 Å². The molecule has 9 heteroatoms. The van der Waals surface area contributed by atoms with Crippen molar-refractivity contribution in [1.29, 1.82) is 0 Å². The molecule has 0 amide bonds. The van der Waals surface area contributed by atoms with Crippen LogP contribution in [0.2, 0.25) is 0 Å². The van der Waals surface area contributed by atoms with Crippen LogP contribution in [0.25, 0.3) is 11.0 Å². The lowest BCUT2D eigenvalue weighted by Gasteiger charge is -2.17. The number of aliphatic hydroxyl groups is 3. The predicted octanol–water partition coefficient (Wildman–Crippen LogP) is -0.810. The molecule has 0 aliphatic carbocycles. The van der Waals surface area contributed by atoms with Gasteiger partial charge in [-0.05, 0) is 0 Å². The van der Waals surface area contributed by atoms with Gasteiger partial charge in [0.2, 0.25) is 5.88 Å². The number of rotatable bonds is 3. The second kappa shape index (κ2) is 5.19. The van der Waals surface area contributed by atoms with Gasteiger partial charge in [0.15, 0.2) is 17.7 Å². The molecule has 1 saturated heterocycles. The van der Waals surface area contributed by atoms with Gasteiger partial charge in [-0.15, -0.1) is 0 Å². The van der Waals surface area contributed by atoms with Gasteiger partial charge in [0.25, 0.3) is 0 Å². The minimum absolute atomic E-state index is 0.0535. The van der Waals surface area contributed by atoms with E-state index in [4.69, 9.17) is 14.6 Å². The molecule has 0 spiro atoms. The van der Waals surface area contributed by atoms with Crippen LogP contribution in [0.3, 0.4) is 0 Å². The van der Waals surface area contributed by atoms with Gasteiger partial charge in [-0.3, -0.25) is 0 Å². The normalized spacial score (nSPS) is 29.2. The summed E-state index contributed by atoms with van der Waals surface area (Å²) in [5, 5.41) is 28.9. The highest BCUT2D eigenvalue weighted by Crippen LogP contribution is 2.34. The third-order valence-corrected chi connectivity index (χ3v) is 3.51. The van der Waals surface area contributed by atoms with E-state index >= 15 is 0 Å². The zero-order chi connectivity index (χ0) is 15.1. The van der Waals surface area contributed by atoms with Gasteiger partial charge in [0, 0.05) is 6.20 Å². The standard InChI is InChI=1S/C12H14FN3O5/c1-20-11-7-5(13)2-16(10(7)14-4-15-11)12-9(19)8(18)6(3-17)21-12/h2,4,6,8-9,12,17-19H,3H2,1H3/t6-,8?,9?,12-/m1/s1. The zero-order valence-electron chi connectivity index (χ0n) is 11.0. The minimum atomic E-state index is -1.32. The third-order valence-electron chi connectivity index (χ3n) is 3.51. The second-order valence-electron chi connectivity index (χ2n) is 4.69. The van der Waals surface area contributed by atoms with E-state index in [0.29, 0.717) is 0 Å². The van der Waals surface area contributed by atoms with Gasteiger partial charge < -0.3 is 29.4 Å². The molecular formula is C12H14FN3O5. The lowest BCUT2D eigenvalue weighted by molar-refractivity contribution is -0.0510. The molecular weight excluding hydrogens is 285 g/mol. The van der Waals surface area contributed by atoms with E-state index in [2.05, 4.69) is 9.97 Å². The summed E-state index contributed by atoms with van der Waals surface area (Å²) in [6.07, 6.45) is -2.33. The van der Waals surface area contributed by atoms with Crippen molar-refractivity contribution in [3.05, 3.63) is 18.3 Å². The van der Waals surface area contributed by atoms with Crippen LogP contribution in [0.15, 0.2) is 12.5 Å². The molecule has 1 fully saturated rings. The Morgan fingerprint density at radius 2 is 2.14 bits per heavy atom. The van der Waals surface area contributed by atoms with Crippen LogP contribution >= 0.6 is 0 Å². The number of nitrogens with zero attached hydrogens (tertiary/aromatic N) is 3. The Hall–Kier alpha value is -1.81. The zero-order valence-corrected chi connectivity index (χ0v) is 11.0. The fraction of sp³-hybridized carbons (Fsp3) is 0.500. The van der Waals surface area contributed by atoms with Gasteiger partial charge in [-0.25, -0.2) is 14.4 Å². The van der Waals surface area contributed by atoms with Crippen LogP contribution in [-0.4, -0.2) is 61.9 Å². The van der Waals surface area contributed by atoms with E-state index in [1.54, 1.807) is 0 Å². The number of methoxy groups -OCH3 is 1. The molecule has 3 rings (SSSR count). The number of aromatic nitrogens is 3. The van der Waals surface area contributed by atoms with Crippen molar-refractivity contribution >= 4 is 11.0 Å². The summed E-state index contributed by atoms with van der Waals surface area (Å²) in [5.74, 6) is -0.580. The fourth-order valence-corrected chi connectivity index (χ4v) is 2.47. The summed E-state index contributed by atoms with van der Waals surface area (Å²) < 4.78 is 25.7. The fourth-order valence-electron chi connectivity index (χ4n) is 2.47. The first-order chi connectivity index (χ1) is 10.1. The Morgan fingerprint density at radius 3 is 2.76 bits per heavy atom. The molecule has 0 bridgehead atoms. The number of hydrogen-bond donors (Lipinski definition) is 3. The smallest absolute Gasteiger partial charge is 0.228 e. The van der Waals surface area contributed by atoms with Crippen molar-refractivity contribution in [2.45, 2.75) is 24.5 Å². The Balaban J connectivity index is 2.10. The topological polar surface area (TPSA) is 110 Å². The lowest BCUT2D eigenvalue weighted by atomic mass is 10.1. The number of halogens is 1. The Kier molecular flexibility index (Phi) is 3.49. The van der Waals surface area contributed by atoms with E-state index in [0.717, 1.165) is 6.20 Å². The largest absolute Gasteiger partial charge is 0.480 e. The quantitative estimate of drug-likeness (QED) is 0.680. The van der Waals surface area contributed by atoms with Gasteiger partial charge in [0.1, 0.15) is 30.0 Å². The molecule has 4 atom stereocenters. The van der Waals surface area contributed by atoms with Crippen LogP contribution in [0.4, 0.5) is 4.39 Å². The van der Waals surface area contributed by atoms with Crippen molar-refractivity contribution in [1.82, 2.24) is 14.5 Å². The highest BCUT2D eigenvalue weighted by Gasteiger charge is 2.44. The summed E-state index contributed by atoms with van der Waals surface area (Å²) in [7, 11) is 1.35. The van der Waals surface area contributed by atoms with Crippen LogP contribution in [0, 0.1) is 5.82 Å². The summed E-state index contributed by atoms with van der Waals surface area (Å²) in [6, 6.07) is 0. The maximum atomic E-state index is 14.1. The molecule has 1 aliphatic rings. The van der Waals surface area contributed by atoms with Gasteiger partial charge in [-0.1, -0.05) is 0 Å². The highest BCUT2D eigenvalue weighted by atomic mass is 19.1. The Bertz CT molecular complexity index is 664. The van der Waals surface area contributed by atoms with Crippen LogP contribution < -0.4 is 4.74 Å². The van der Waals surface area contributed by atoms with Gasteiger partial charge >= 0.3 is 0 Å². The Morgan fingerprint density at radius 1 is 1.38 bits per heavy atom. The first kappa shape index (κ1) is 14.1. The molecule has 0 saturated carbocycles. The molecule has 2 aromatic rings. The number of hydrogen-bond acceptors (Lipinski definition) is 7. The van der Waals surface area contributed by atoms with Crippen LogP contribution in [0.1, 0.15) is 6.23 Å². The Labute approximate surface area is 118 Å². The van der Waals surface area contributed by atoms with E-state index in [1.807, 2.05) is 0 Å². The van der Waals surface area contributed by atoms with Crippen molar-refractivity contribution in [2.24, 2.45) is 0 Å². The van der Waals surface area contributed by atoms with E-state index in [1.165, 1.54) is 18.0 Å². The van der Waals surface area contributed by atoms with Crippen LogP contribution in [-0.2, 0) is 4.74 Å². The van der Waals surface area contributed by atoms with E-state index in [9.17, 15) is 14.6 Å². The molecule has 0 aromatic carbocycles. The molecule has 114 valence electrons. The number of ether oxygens (including phenoxy) is 2. The third kappa shape index (κ3) is 2.05. The van der Waals surface area contributed by atoms with E-state index in [-0.39, 0.29) is 16.9 Å². The first-order valence-corrected chi connectivity index (χ1v) is 6.26. The molecule has 21 heavy (non-hydrogen) atoms. The van der Waals surface area contributed by atoms with Crippen molar-refractivity contribution in [3.63, 3.8) is 0 Å². The molecule has 2 unspecified atom stereocenters. The number of fused-ring (bicyclic) bond motifs is 1. The summed E-state index contributed by atoms with van der Waals surface area (Å²) in [6.45, 7) is -0.464. The molecule has 8 nitrogen and oxygen atoms in total. The monoisotopic (exact) mass is 299 g/mol. The molecule has 3 heterocycles.